The molecule has 0 unspecified atom stereocenters. The van der Waals surface area contributed by atoms with Crippen LogP contribution in [0.3, 0.4) is 0 Å². The first-order valence-corrected chi connectivity index (χ1v) is 13.6. The Hall–Kier alpha value is -0.240. The maximum Gasteiger partial charge on any atom is 0.0671 e. The maximum atomic E-state index is 6.70. The molecule has 2 nitrogen and oxygen atoms in total. The van der Waals surface area contributed by atoms with E-state index in [9.17, 15) is 0 Å². The summed E-state index contributed by atoms with van der Waals surface area (Å²) in [4.78, 5) is 0. The van der Waals surface area contributed by atoms with Crippen molar-refractivity contribution in [1.29, 1.82) is 0 Å². The Morgan fingerprint density at radius 3 is 2.60 bits per heavy atom. The molecule has 5 rings (SSSR count). The van der Waals surface area contributed by atoms with E-state index in [0.717, 1.165) is 41.9 Å². The fraction of sp³-hybridized carbons (Fsp3) is 0.963. The number of hydrogen-bond donors (Lipinski definition) is 1. The van der Waals surface area contributed by atoms with Crippen LogP contribution >= 0.6 is 11.6 Å². The monoisotopic (exact) mass is 432 g/mol. The molecule has 0 aromatic heterocycles. The predicted octanol–water partition coefficient (Wildman–Crippen LogP) is 7.41. The lowest BCUT2D eigenvalue weighted by atomic mass is 9.42. The number of nitrogens with zero attached hydrogens (tertiary/aromatic N) is 1. The smallest absolute Gasteiger partial charge is 0.0671 e. The van der Waals surface area contributed by atoms with Crippen molar-refractivity contribution in [2.45, 2.75) is 116 Å². The SMILES string of the molecule is CC(C)CCC[C@@H](C)[C@H]1CC[C@H]2[C@@H]3C4=NN[C@]5(C4)C[C@@H](Cl)CC[C@]5(C)[C@H]3CC[C@]12C. The third-order valence-corrected chi connectivity index (χ3v) is 11.6. The molecular formula is C27H45ClN2. The number of halogens is 1. The summed E-state index contributed by atoms with van der Waals surface area (Å²) in [7, 11) is 0. The normalized spacial score (nSPS) is 50.4. The van der Waals surface area contributed by atoms with Crippen molar-refractivity contribution in [2.75, 3.05) is 0 Å². The van der Waals surface area contributed by atoms with Crippen LogP contribution in [0.2, 0.25) is 0 Å². The minimum absolute atomic E-state index is 0.157. The van der Waals surface area contributed by atoms with Crippen LogP contribution in [0.1, 0.15) is 105 Å². The zero-order valence-electron chi connectivity index (χ0n) is 20.1. The zero-order valence-corrected chi connectivity index (χ0v) is 20.9. The van der Waals surface area contributed by atoms with Gasteiger partial charge in [0.1, 0.15) is 0 Å². The first-order chi connectivity index (χ1) is 14.2. The molecular weight excluding hydrogens is 388 g/mol. The molecule has 1 heterocycles. The maximum absolute atomic E-state index is 6.70. The first kappa shape index (κ1) is 21.6. The van der Waals surface area contributed by atoms with Gasteiger partial charge in [-0.05, 0) is 85.4 Å². The van der Waals surface area contributed by atoms with Crippen molar-refractivity contribution in [2.24, 2.45) is 51.4 Å². The van der Waals surface area contributed by atoms with Gasteiger partial charge < -0.3 is 5.43 Å². The molecule has 4 aliphatic carbocycles. The highest BCUT2D eigenvalue weighted by Gasteiger charge is 2.68. The molecule has 4 saturated carbocycles. The Bertz CT molecular complexity index is 703. The second-order valence-electron chi connectivity index (χ2n) is 13.0. The standard InChI is InChI=1S/C27H45ClN2/c1-17(2)7-6-8-18(3)20-9-10-21-24-22(12-13-25(20,21)4)26(5)14-11-19(28)15-27(26)16-23(24)29-30-27/h17-22,24,30H,6-16H2,1-5H3/t18-,19+,20-,21+,22+,24+,25-,26-,27+/m1/s1. The largest absolute Gasteiger partial charge is 0.303 e. The van der Waals surface area contributed by atoms with E-state index < -0.39 is 0 Å². The van der Waals surface area contributed by atoms with Crippen LogP contribution in [-0.4, -0.2) is 16.6 Å². The van der Waals surface area contributed by atoms with Crippen LogP contribution in [-0.2, 0) is 0 Å². The molecule has 4 fully saturated rings. The van der Waals surface area contributed by atoms with Crippen molar-refractivity contribution in [3.63, 3.8) is 0 Å². The summed E-state index contributed by atoms with van der Waals surface area (Å²) in [5.74, 6) is 5.05. The Morgan fingerprint density at radius 1 is 1.03 bits per heavy atom. The summed E-state index contributed by atoms with van der Waals surface area (Å²) in [5.41, 5.74) is 6.32. The second-order valence-corrected chi connectivity index (χ2v) is 13.6. The van der Waals surface area contributed by atoms with E-state index in [1.165, 1.54) is 69.9 Å². The Kier molecular flexibility index (Phi) is 5.32. The minimum atomic E-state index is 0.157. The lowest BCUT2D eigenvalue weighted by Gasteiger charge is -2.63. The first-order valence-electron chi connectivity index (χ1n) is 13.2. The lowest BCUT2D eigenvalue weighted by molar-refractivity contribution is -0.0846. The highest BCUT2D eigenvalue weighted by Crippen LogP contribution is 2.69. The van der Waals surface area contributed by atoms with E-state index in [1.54, 1.807) is 0 Å². The number of hydrazone groups is 1. The van der Waals surface area contributed by atoms with Gasteiger partial charge in [0.15, 0.2) is 0 Å². The molecule has 1 N–H and O–H groups in total. The van der Waals surface area contributed by atoms with Crippen molar-refractivity contribution < 1.29 is 0 Å². The summed E-state index contributed by atoms with van der Waals surface area (Å²) in [6, 6.07) is 0. The molecule has 0 amide bonds. The van der Waals surface area contributed by atoms with E-state index in [-0.39, 0.29) is 5.54 Å². The van der Waals surface area contributed by atoms with E-state index in [2.05, 4.69) is 40.0 Å². The number of fused-ring (bicyclic) bond motifs is 6. The summed E-state index contributed by atoms with van der Waals surface area (Å²) in [6.07, 6.45) is 14.8. The number of rotatable bonds is 5. The molecule has 0 saturated heterocycles. The van der Waals surface area contributed by atoms with E-state index in [4.69, 9.17) is 16.7 Å². The number of alkyl halides is 1. The summed E-state index contributed by atoms with van der Waals surface area (Å²) < 4.78 is 0. The third kappa shape index (κ3) is 2.97. The van der Waals surface area contributed by atoms with Gasteiger partial charge in [-0.25, -0.2) is 0 Å². The fourth-order valence-corrected chi connectivity index (χ4v) is 9.87. The predicted molar refractivity (Wildman–Crippen MR) is 128 cm³/mol. The van der Waals surface area contributed by atoms with Crippen LogP contribution in [0.15, 0.2) is 5.10 Å². The molecule has 1 spiro atoms. The zero-order chi connectivity index (χ0) is 21.3. The van der Waals surface area contributed by atoms with Gasteiger partial charge in [0.05, 0.1) is 5.54 Å². The molecule has 0 aromatic rings. The molecule has 30 heavy (non-hydrogen) atoms. The van der Waals surface area contributed by atoms with Gasteiger partial charge in [0.2, 0.25) is 0 Å². The molecule has 5 aliphatic rings. The van der Waals surface area contributed by atoms with E-state index in [1.807, 2.05) is 0 Å². The van der Waals surface area contributed by atoms with Crippen LogP contribution in [0.5, 0.6) is 0 Å². The Balaban J connectivity index is 1.38. The second kappa shape index (κ2) is 7.39. The van der Waals surface area contributed by atoms with Crippen molar-refractivity contribution in [1.82, 2.24) is 5.43 Å². The van der Waals surface area contributed by atoms with Gasteiger partial charge in [-0.15, -0.1) is 11.6 Å². The highest BCUT2D eigenvalue weighted by molar-refractivity contribution is 6.20. The number of hydrogen-bond acceptors (Lipinski definition) is 2. The minimum Gasteiger partial charge on any atom is -0.303 e. The van der Waals surface area contributed by atoms with Gasteiger partial charge in [-0.3, -0.25) is 0 Å². The third-order valence-electron chi connectivity index (χ3n) is 11.2. The number of nitrogens with one attached hydrogen (secondary N) is 1. The van der Waals surface area contributed by atoms with Gasteiger partial charge in [0, 0.05) is 23.4 Å². The highest BCUT2D eigenvalue weighted by atomic mass is 35.5. The van der Waals surface area contributed by atoms with Gasteiger partial charge >= 0.3 is 0 Å². The van der Waals surface area contributed by atoms with Crippen LogP contribution in [0, 0.1) is 46.3 Å². The molecule has 9 atom stereocenters. The van der Waals surface area contributed by atoms with Crippen LogP contribution in [0.25, 0.3) is 0 Å². The topological polar surface area (TPSA) is 24.4 Å². The Labute approximate surface area is 190 Å². The molecule has 0 radical (unpaired) electrons. The Morgan fingerprint density at radius 2 is 1.83 bits per heavy atom. The molecule has 0 aromatic carbocycles. The van der Waals surface area contributed by atoms with Crippen molar-refractivity contribution in [3.05, 3.63) is 0 Å². The van der Waals surface area contributed by atoms with Crippen molar-refractivity contribution in [3.8, 4) is 0 Å². The van der Waals surface area contributed by atoms with Crippen molar-refractivity contribution >= 4 is 17.3 Å². The molecule has 1 aliphatic heterocycles. The fourth-order valence-electron chi connectivity index (χ4n) is 9.50. The lowest BCUT2D eigenvalue weighted by Crippen LogP contribution is -2.66. The molecule has 2 bridgehead atoms. The molecule has 3 heteroatoms. The van der Waals surface area contributed by atoms with Gasteiger partial charge in [-0.1, -0.05) is 53.9 Å². The average Bonchev–Trinajstić information content (AvgIpc) is 3.23. The van der Waals surface area contributed by atoms with Gasteiger partial charge in [0.25, 0.3) is 0 Å². The van der Waals surface area contributed by atoms with Crippen LogP contribution < -0.4 is 5.43 Å². The van der Waals surface area contributed by atoms with E-state index >= 15 is 0 Å². The summed E-state index contributed by atoms with van der Waals surface area (Å²) in [6.45, 7) is 12.6. The average molecular weight is 433 g/mol. The van der Waals surface area contributed by atoms with E-state index in [0.29, 0.717) is 16.2 Å². The molecule has 170 valence electrons. The quantitative estimate of drug-likeness (QED) is 0.449. The summed E-state index contributed by atoms with van der Waals surface area (Å²) >= 11 is 6.70. The van der Waals surface area contributed by atoms with Crippen LogP contribution in [0.4, 0.5) is 0 Å². The summed E-state index contributed by atoms with van der Waals surface area (Å²) in [5, 5.41) is 5.40. The van der Waals surface area contributed by atoms with Gasteiger partial charge in [-0.2, -0.15) is 5.10 Å².